The van der Waals surface area contributed by atoms with E-state index in [1.165, 1.54) is 0 Å². The van der Waals surface area contributed by atoms with E-state index in [-0.39, 0.29) is 6.10 Å². The Labute approximate surface area is 171 Å². The number of hydrogen-bond donors (Lipinski definition) is 0. The molecule has 0 aliphatic carbocycles. The zero-order chi connectivity index (χ0) is 20.0. The first-order valence-corrected chi connectivity index (χ1v) is 9.69. The van der Waals surface area contributed by atoms with Gasteiger partial charge in [0, 0.05) is 22.2 Å². The molecule has 0 N–H and O–H groups in total. The van der Waals surface area contributed by atoms with Crippen LogP contribution in [0.4, 0.5) is 0 Å². The Kier molecular flexibility index (Phi) is 5.52. The topological polar surface area (TPSA) is 40.6 Å². The normalized spacial score (nSPS) is 19.2. The van der Waals surface area contributed by atoms with Crippen molar-refractivity contribution in [2.24, 2.45) is 0 Å². The third-order valence-corrected chi connectivity index (χ3v) is 5.83. The SMILES string of the molecule is Cc1ccc(C(C)Oc2ncc(B3OC(C)(C)C(C)(C)O3)cc2Cl)c(Cl)c1. The van der Waals surface area contributed by atoms with Crippen molar-refractivity contribution in [1.82, 2.24) is 4.98 Å². The minimum atomic E-state index is -0.516. The van der Waals surface area contributed by atoms with E-state index in [9.17, 15) is 0 Å². The van der Waals surface area contributed by atoms with Gasteiger partial charge in [0.25, 0.3) is 0 Å². The maximum absolute atomic E-state index is 6.41. The molecule has 1 aromatic carbocycles. The van der Waals surface area contributed by atoms with Crippen LogP contribution in [0.2, 0.25) is 10.0 Å². The van der Waals surface area contributed by atoms with E-state index in [0.717, 1.165) is 16.6 Å². The maximum Gasteiger partial charge on any atom is 0.496 e. The fourth-order valence-corrected chi connectivity index (χ4v) is 3.44. The number of rotatable bonds is 4. The van der Waals surface area contributed by atoms with Gasteiger partial charge in [-0.25, -0.2) is 4.98 Å². The molecule has 1 saturated heterocycles. The van der Waals surface area contributed by atoms with Crippen molar-refractivity contribution in [3.8, 4) is 5.88 Å². The molecule has 0 radical (unpaired) electrons. The number of pyridine rings is 1. The van der Waals surface area contributed by atoms with Gasteiger partial charge in [-0.1, -0.05) is 35.3 Å². The monoisotopic (exact) mass is 407 g/mol. The molecular formula is C20H24BCl2NO3. The third-order valence-electron chi connectivity index (χ3n) is 5.24. The van der Waals surface area contributed by atoms with Gasteiger partial charge in [-0.2, -0.15) is 0 Å². The van der Waals surface area contributed by atoms with Crippen LogP contribution in [0.1, 0.15) is 51.8 Å². The molecule has 0 saturated carbocycles. The number of nitrogens with zero attached hydrogens (tertiary/aromatic N) is 1. The predicted octanol–water partition coefficient (Wildman–Crippen LogP) is 5.14. The van der Waals surface area contributed by atoms with Crippen molar-refractivity contribution in [3.63, 3.8) is 0 Å². The molecule has 1 aliphatic heterocycles. The smallest absolute Gasteiger partial charge is 0.469 e. The highest BCUT2D eigenvalue weighted by Crippen LogP contribution is 2.37. The Bertz CT molecular complexity index is 841. The number of halogens is 2. The summed E-state index contributed by atoms with van der Waals surface area (Å²) in [5, 5.41) is 1.06. The lowest BCUT2D eigenvalue weighted by atomic mass is 9.80. The Balaban J connectivity index is 1.78. The van der Waals surface area contributed by atoms with Crippen LogP contribution in [-0.4, -0.2) is 23.3 Å². The number of aromatic nitrogens is 1. The van der Waals surface area contributed by atoms with Crippen molar-refractivity contribution in [2.75, 3.05) is 0 Å². The summed E-state index contributed by atoms with van der Waals surface area (Å²) in [5.41, 5.74) is 1.90. The predicted molar refractivity (Wildman–Crippen MR) is 110 cm³/mol. The van der Waals surface area contributed by atoms with E-state index in [2.05, 4.69) is 4.98 Å². The number of ether oxygens (including phenoxy) is 1. The minimum absolute atomic E-state index is 0.286. The van der Waals surface area contributed by atoms with Gasteiger partial charge >= 0.3 is 7.12 Å². The lowest BCUT2D eigenvalue weighted by Crippen LogP contribution is -2.41. The molecule has 0 spiro atoms. The van der Waals surface area contributed by atoms with Gasteiger partial charge in [0.05, 0.1) is 11.2 Å². The molecule has 3 rings (SSSR count). The highest BCUT2D eigenvalue weighted by atomic mass is 35.5. The van der Waals surface area contributed by atoms with Crippen LogP contribution in [0.25, 0.3) is 0 Å². The van der Waals surface area contributed by atoms with Crippen LogP contribution in [0.5, 0.6) is 5.88 Å². The fourth-order valence-electron chi connectivity index (χ4n) is 2.83. The molecule has 1 fully saturated rings. The van der Waals surface area contributed by atoms with E-state index in [1.807, 2.05) is 59.7 Å². The second kappa shape index (κ2) is 7.29. The zero-order valence-electron chi connectivity index (χ0n) is 16.5. The summed E-state index contributed by atoms with van der Waals surface area (Å²) in [6, 6.07) is 7.63. The summed E-state index contributed by atoms with van der Waals surface area (Å²) in [6.07, 6.45) is 1.39. The number of hydrogen-bond acceptors (Lipinski definition) is 4. The van der Waals surface area contributed by atoms with E-state index in [4.69, 9.17) is 37.2 Å². The first kappa shape index (κ1) is 20.5. The van der Waals surface area contributed by atoms with Crippen LogP contribution in [0, 0.1) is 6.92 Å². The lowest BCUT2D eigenvalue weighted by Gasteiger charge is -2.32. The second-order valence-corrected chi connectivity index (χ2v) is 8.74. The van der Waals surface area contributed by atoms with Crippen LogP contribution in [-0.2, 0) is 9.31 Å². The van der Waals surface area contributed by atoms with E-state index in [1.54, 1.807) is 12.3 Å². The van der Waals surface area contributed by atoms with Crippen molar-refractivity contribution < 1.29 is 14.0 Å². The van der Waals surface area contributed by atoms with Crippen molar-refractivity contribution in [2.45, 2.75) is 58.8 Å². The van der Waals surface area contributed by atoms with Crippen LogP contribution in [0.15, 0.2) is 30.5 Å². The van der Waals surface area contributed by atoms with Crippen LogP contribution >= 0.6 is 23.2 Å². The fraction of sp³-hybridized carbons (Fsp3) is 0.450. The Morgan fingerprint density at radius 1 is 1.04 bits per heavy atom. The molecule has 1 unspecified atom stereocenters. The molecule has 0 bridgehead atoms. The highest BCUT2D eigenvalue weighted by molar-refractivity contribution is 6.62. The van der Waals surface area contributed by atoms with Gasteiger partial charge in [0.1, 0.15) is 11.1 Å². The van der Waals surface area contributed by atoms with E-state index < -0.39 is 18.3 Å². The molecule has 1 aromatic heterocycles. The molecule has 2 heterocycles. The second-order valence-electron chi connectivity index (χ2n) is 7.93. The first-order chi connectivity index (χ1) is 12.5. The molecule has 2 aromatic rings. The average molecular weight is 408 g/mol. The molecule has 1 atom stereocenters. The quantitative estimate of drug-likeness (QED) is 0.658. The highest BCUT2D eigenvalue weighted by Gasteiger charge is 2.51. The van der Waals surface area contributed by atoms with Gasteiger partial charge in [0.2, 0.25) is 5.88 Å². The Morgan fingerprint density at radius 2 is 1.67 bits per heavy atom. The molecule has 4 nitrogen and oxygen atoms in total. The van der Waals surface area contributed by atoms with Gasteiger partial charge in [0.15, 0.2) is 0 Å². The average Bonchev–Trinajstić information content (AvgIpc) is 2.77. The zero-order valence-corrected chi connectivity index (χ0v) is 18.0. The molecular weight excluding hydrogens is 384 g/mol. The summed E-state index contributed by atoms with van der Waals surface area (Å²) in [6.45, 7) is 11.9. The molecule has 7 heteroatoms. The first-order valence-electron chi connectivity index (χ1n) is 8.94. The third kappa shape index (κ3) is 4.12. The maximum atomic E-state index is 6.41. The van der Waals surface area contributed by atoms with E-state index in [0.29, 0.717) is 15.9 Å². The Morgan fingerprint density at radius 3 is 2.22 bits per heavy atom. The molecule has 27 heavy (non-hydrogen) atoms. The van der Waals surface area contributed by atoms with Crippen LogP contribution < -0.4 is 10.2 Å². The van der Waals surface area contributed by atoms with Crippen molar-refractivity contribution in [1.29, 1.82) is 0 Å². The summed E-state index contributed by atoms with van der Waals surface area (Å²) in [4.78, 5) is 4.37. The lowest BCUT2D eigenvalue weighted by molar-refractivity contribution is 0.00578. The van der Waals surface area contributed by atoms with Gasteiger partial charge in [-0.15, -0.1) is 0 Å². The summed E-state index contributed by atoms with van der Waals surface area (Å²) in [5.74, 6) is 0.348. The van der Waals surface area contributed by atoms with Crippen LogP contribution in [0.3, 0.4) is 0 Å². The van der Waals surface area contributed by atoms with Gasteiger partial charge in [-0.3, -0.25) is 0 Å². The standard InChI is InChI=1S/C20H24BCl2NO3/c1-12-7-8-15(16(22)9-12)13(2)25-18-17(23)10-14(11-24-18)21-26-19(3,4)20(5,6)27-21/h7-11,13H,1-6H3. The van der Waals surface area contributed by atoms with E-state index >= 15 is 0 Å². The molecule has 1 aliphatic rings. The summed E-state index contributed by atoms with van der Waals surface area (Å²) < 4.78 is 18.0. The molecule has 0 amide bonds. The van der Waals surface area contributed by atoms with Gasteiger partial charge < -0.3 is 14.0 Å². The Hall–Kier alpha value is -1.27. The minimum Gasteiger partial charge on any atom is -0.469 e. The van der Waals surface area contributed by atoms with Crippen molar-refractivity contribution >= 4 is 35.8 Å². The molecule has 144 valence electrons. The van der Waals surface area contributed by atoms with Gasteiger partial charge in [-0.05, 0) is 59.2 Å². The summed E-state index contributed by atoms with van der Waals surface area (Å²) in [7, 11) is -0.516. The largest absolute Gasteiger partial charge is 0.496 e. The van der Waals surface area contributed by atoms with Crippen molar-refractivity contribution in [3.05, 3.63) is 51.6 Å². The summed E-state index contributed by atoms with van der Waals surface area (Å²) >= 11 is 12.7. The number of aryl methyl sites for hydroxylation is 1. The number of benzene rings is 1.